The Morgan fingerprint density at radius 1 is 1.26 bits per heavy atom. The highest BCUT2D eigenvalue weighted by atomic mass is 16.1. The van der Waals surface area contributed by atoms with Crippen LogP contribution in [0.15, 0.2) is 18.2 Å². The standard InChI is InChI=1S/C14H15NO2.C2H6/c1-4-6-14(17)15-13-8-7-11(5-2)9-12(13)10(3)16;1-2/h7-9H,5H2,1-3H3,(H,15,17);1-2H3. The van der Waals surface area contributed by atoms with Gasteiger partial charge >= 0.3 is 0 Å². The number of ketones is 1. The molecular formula is C16H21NO2. The van der Waals surface area contributed by atoms with Gasteiger partial charge in [-0.25, -0.2) is 0 Å². The summed E-state index contributed by atoms with van der Waals surface area (Å²) in [5.41, 5.74) is 2.10. The van der Waals surface area contributed by atoms with Crippen molar-refractivity contribution in [2.75, 3.05) is 5.32 Å². The molecule has 0 aliphatic carbocycles. The summed E-state index contributed by atoms with van der Waals surface area (Å²) >= 11 is 0. The number of hydrogen-bond donors (Lipinski definition) is 1. The third-order valence-corrected chi connectivity index (χ3v) is 2.36. The molecule has 1 aromatic rings. The summed E-state index contributed by atoms with van der Waals surface area (Å²) in [5, 5.41) is 2.61. The predicted molar refractivity (Wildman–Crippen MR) is 79.3 cm³/mol. The Kier molecular flexibility index (Phi) is 7.95. The van der Waals surface area contributed by atoms with Crippen molar-refractivity contribution in [1.82, 2.24) is 0 Å². The van der Waals surface area contributed by atoms with Crippen LogP contribution in [0.2, 0.25) is 0 Å². The summed E-state index contributed by atoms with van der Waals surface area (Å²) in [5.74, 6) is 4.42. The molecule has 0 aromatic heterocycles. The molecule has 3 nitrogen and oxygen atoms in total. The first-order chi connectivity index (χ1) is 9.08. The SMILES string of the molecule is CC.CC#CC(=O)Nc1ccc(CC)cc1C(C)=O. The van der Waals surface area contributed by atoms with E-state index in [4.69, 9.17) is 0 Å². The lowest BCUT2D eigenvalue weighted by molar-refractivity contribution is -0.111. The van der Waals surface area contributed by atoms with Crippen LogP contribution in [0.4, 0.5) is 5.69 Å². The third kappa shape index (κ3) is 5.39. The summed E-state index contributed by atoms with van der Waals surface area (Å²) in [7, 11) is 0. The number of anilines is 1. The van der Waals surface area contributed by atoms with E-state index in [9.17, 15) is 9.59 Å². The van der Waals surface area contributed by atoms with Crippen molar-refractivity contribution in [2.45, 2.75) is 41.0 Å². The molecular weight excluding hydrogens is 238 g/mol. The van der Waals surface area contributed by atoms with Gasteiger partial charge in [-0.05, 0) is 43.9 Å². The zero-order valence-electron chi connectivity index (χ0n) is 12.3. The second kappa shape index (κ2) is 8.93. The van der Waals surface area contributed by atoms with Crippen LogP contribution in [0.25, 0.3) is 0 Å². The molecule has 0 saturated heterocycles. The van der Waals surface area contributed by atoms with E-state index in [1.807, 2.05) is 26.8 Å². The van der Waals surface area contributed by atoms with Crippen molar-refractivity contribution < 1.29 is 9.59 Å². The topological polar surface area (TPSA) is 46.2 Å². The van der Waals surface area contributed by atoms with Crippen LogP contribution >= 0.6 is 0 Å². The van der Waals surface area contributed by atoms with Crippen molar-refractivity contribution in [2.24, 2.45) is 0 Å². The van der Waals surface area contributed by atoms with Crippen molar-refractivity contribution >= 4 is 17.4 Å². The average Bonchev–Trinajstić information content (AvgIpc) is 2.41. The number of carbonyl (C=O) groups excluding carboxylic acids is 2. The van der Waals surface area contributed by atoms with Gasteiger partial charge in [-0.3, -0.25) is 9.59 Å². The molecule has 0 fully saturated rings. The summed E-state index contributed by atoms with van der Waals surface area (Å²) in [6.45, 7) is 9.08. The zero-order chi connectivity index (χ0) is 14.8. The Hall–Kier alpha value is -2.08. The molecule has 0 saturated carbocycles. The van der Waals surface area contributed by atoms with Crippen LogP contribution in [-0.4, -0.2) is 11.7 Å². The third-order valence-electron chi connectivity index (χ3n) is 2.36. The molecule has 1 aromatic carbocycles. The Morgan fingerprint density at radius 3 is 2.37 bits per heavy atom. The number of rotatable bonds is 3. The largest absolute Gasteiger partial charge is 0.314 e. The van der Waals surface area contributed by atoms with E-state index in [1.165, 1.54) is 6.92 Å². The maximum atomic E-state index is 11.5. The highest BCUT2D eigenvalue weighted by Crippen LogP contribution is 2.18. The number of Topliss-reactive ketones (excluding diaryl/α,β-unsaturated/α-hetero) is 1. The molecule has 3 heteroatoms. The molecule has 0 aliphatic heterocycles. The van der Waals surface area contributed by atoms with Crippen molar-refractivity contribution in [1.29, 1.82) is 0 Å². The molecule has 0 unspecified atom stereocenters. The molecule has 0 bridgehead atoms. The Labute approximate surface area is 115 Å². The minimum atomic E-state index is -0.403. The molecule has 1 rings (SSSR count). The number of benzene rings is 1. The van der Waals surface area contributed by atoms with E-state index in [2.05, 4.69) is 17.2 Å². The van der Waals surface area contributed by atoms with E-state index in [0.717, 1.165) is 12.0 Å². The van der Waals surface area contributed by atoms with Crippen LogP contribution in [-0.2, 0) is 11.2 Å². The Morgan fingerprint density at radius 2 is 1.89 bits per heavy atom. The number of carbonyl (C=O) groups is 2. The fourth-order valence-corrected chi connectivity index (χ4v) is 1.48. The van der Waals surface area contributed by atoms with Gasteiger partial charge in [0.05, 0.1) is 5.69 Å². The van der Waals surface area contributed by atoms with E-state index < -0.39 is 5.91 Å². The first-order valence-corrected chi connectivity index (χ1v) is 6.46. The maximum Gasteiger partial charge on any atom is 0.300 e. The molecule has 1 N–H and O–H groups in total. The van der Waals surface area contributed by atoms with Crippen molar-refractivity contribution in [3.05, 3.63) is 29.3 Å². The minimum absolute atomic E-state index is 0.0694. The van der Waals surface area contributed by atoms with Gasteiger partial charge in [-0.15, -0.1) is 0 Å². The molecule has 0 heterocycles. The molecule has 0 radical (unpaired) electrons. The van der Waals surface area contributed by atoms with E-state index >= 15 is 0 Å². The number of nitrogens with one attached hydrogen (secondary N) is 1. The van der Waals surface area contributed by atoms with Crippen LogP contribution in [0.1, 0.15) is 50.5 Å². The fraction of sp³-hybridized carbons (Fsp3) is 0.375. The molecule has 0 atom stereocenters. The lowest BCUT2D eigenvalue weighted by Crippen LogP contribution is -2.12. The van der Waals surface area contributed by atoms with Gasteiger partial charge in [0.2, 0.25) is 0 Å². The van der Waals surface area contributed by atoms with Gasteiger partial charge in [-0.1, -0.05) is 32.8 Å². The highest BCUT2D eigenvalue weighted by molar-refractivity contribution is 6.08. The second-order valence-electron chi connectivity index (χ2n) is 3.62. The molecule has 19 heavy (non-hydrogen) atoms. The first-order valence-electron chi connectivity index (χ1n) is 6.46. The predicted octanol–water partition coefficient (Wildman–Crippen LogP) is 3.44. The minimum Gasteiger partial charge on any atom is -0.314 e. The lowest BCUT2D eigenvalue weighted by Gasteiger charge is -2.08. The quantitative estimate of drug-likeness (QED) is 0.667. The van der Waals surface area contributed by atoms with Crippen molar-refractivity contribution in [3.63, 3.8) is 0 Å². The van der Waals surface area contributed by atoms with E-state index in [1.54, 1.807) is 19.1 Å². The second-order valence-corrected chi connectivity index (χ2v) is 3.62. The summed E-state index contributed by atoms with van der Waals surface area (Å²) < 4.78 is 0. The highest BCUT2D eigenvalue weighted by Gasteiger charge is 2.09. The molecule has 0 aliphatic rings. The normalized spacial score (nSPS) is 8.47. The average molecular weight is 259 g/mol. The first kappa shape index (κ1) is 16.9. The molecule has 0 spiro atoms. The van der Waals surface area contributed by atoms with Gasteiger partial charge in [0.25, 0.3) is 5.91 Å². The van der Waals surface area contributed by atoms with E-state index in [0.29, 0.717) is 11.3 Å². The monoisotopic (exact) mass is 259 g/mol. The lowest BCUT2D eigenvalue weighted by atomic mass is 10.0. The van der Waals surface area contributed by atoms with Gasteiger partial charge in [0, 0.05) is 5.56 Å². The Balaban J connectivity index is 0.00000154. The Bertz CT molecular complexity index is 507. The van der Waals surface area contributed by atoms with Crippen molar-refractivity contribution in [3.8, 4) is 11.8 Å². The summed E-state index contributed by atoms with van der Waals surface area (Å²) in [4.78, 5) is 22.8. The van der Waals surface area contributed by atoms with Crippen LogP contribution in [0.3, 0.4) is 0 Å². The molecule has 1 amide bonds. The summed E-state index contributed by atoms with van der Waals surface area (Å²) in [6, 6.07) is 5.43. The van der Waals surface area contributed by atoms with Gasteiger partial charge in [0.1, 0.15) is 0 Å². The number of amides is 1. The zero-order valence-corrected chi connectivity index (χ0v) is 12.3. The van der Waals surface area contributed by atoms with E-state index in [-0.39, 0.29) is 5.78 Å². The maximum absolute atomic E-state index is 11.5. The smallest absolute Gasteiger partial charge is 0.300 e. The van der Waals surface area contributed by atoms with Crippen LogP contribution in [0.5, 0.6) is 0 Å². The van der Waals surface area contributed by atoms with Gasteiger partial charge in [0.15, 0.2) is 5.78 Å². The number of aryl methyl sites for hydroxylation is 1. The van der Waals surface area contributed by atoms with Gasteiger partial charge < -0.3 is 5.32 Å². The van der Waals surface area contributed by atoms with Crippen LogP contribution in [0, 0.1) is 11.8 Å². The number of hydrogen-bond acceptors (Lipinski definition) is 2. The summed E-state index contributed by atoms with van der Waals surface area (Å²) in [6.07, 6.45) is 0.850. The van der Waals surface area contributed by atoms with Gasteiger partial charge in [-0.2, -0.15) is 0 Å². The fourth-order valence-electron chi connectivity index (χ4n) is 1.48. The van der Waals surface area contributed by atoms with Crippen LogP contribution < -0.4 is 5.32 Å². The molecule has 102 valence electrons.